The Morgan fingerprint density at radius 2 is 1.76 bits per heavy atom. The van der Waals surface area contributed by atoms with Crippen LogP contribution in [0.5, 0.6) is 5.75 Å². The number of phenolic OH excluding ortho intramolecular Hbond substituents is 1. The summed E-state index contributed by atoms with van der Waals surface area (Å²) >= 11 is 6.74. The van der Waals surface area contributed by atoms with Crippen LogP contribution in [-0.2, 0) is 4.79 Å². The summed E-state index contributed by atoms with van der Waals surface area (Å²) in [4.78, 5) is 28.1. The van der Waals surface area contributed by atoms with Gasteiger partial charge in [0.05, 0.1) is 5.69 Å². The lowest BCUT2D eigenvalue weighted by Crippen LogP contribution is -2.48. The summed E-state index contributed by atoms with van der Waals surface area (Å²) < 4.78 is 5.55. The van der Waals surface area contributed by atoms with Gasteiger partial charge in [-0.3, -0.25) is 4.79 Å². The van der Waals surface area contributed by atoms with Crippen molar-refractivity contribution in [3.05, 3.63) is 82.7 Å². The monoisotopic (exact) mass is 460 g/mol. The molecule has 0 unspecified atom stereocenters. The van der Waals surface area contributed by atoms with Crippen LogP contribution in [0.25, 0.3) is 32.9 Å². The van der Waals surface area contributed by atoms with Crippen LogP contribution in [0.1, 0.15) is 0 Å². The van der Waals surface area contributed by atoms with Gasteiger partial charge in [0.25, 0.3) is 0 Å². The van der Waals surface area contributed by atoms with E-state index in [9.17, 15) is 14.7 Å². The quantitative estimate of drug-likeness (QED) is 0.351. The third-order valence-electron chi connectivity index (χ3n) is 6.05. The molecule has 0 atom stereocenters. The van der Waals surface area contributed by atoms with Crippen LogP contribution < -0.4 is 10.5 Å². The fourth-order valence-corrected chi connectivity index (χ4v) is 4.71. The summed E-state index contributed by atoms with van der Waals surface area (Å²) in [6.07, 6.45) is 1.31. The molecule has 1 aliphatic rings. The lowest BCUT2D eigenvalue weighted by atomic mass is 9.96. The Hall–Kier alpha value is -3.77. The highest BCUT2D eigenvalue weighted by molar-refractivity contribution is 6.34. The van der Waals surface area contributed by atoms with Crippen LogP contribution in [0.15, 0.2) is 76.5 Å². The first-order valence-electron chi connectivity index (χ1n) is 10.6. The maximum absolute atomic E-state index is 12.4. The lowest BCUT2D eigenvalue weighted by Gasteiger charge is -2.36. The molecule has 0 aliphatic carbocycles. The van der Waals surface area contributed by atoms with E-state index < -0.39 is 5.63 Å². The molecular weight excluding hydrogens is 440 g/mol. The number of amides is 1. The van der Waals surface area contributed by atoms with E-state index >= 15 is 0 Å². The second kappa shape index (κ2) is 8.30. The Morgan fingerprint density at radius 3 is 2.52 bits per heavy atom. The van der Waals surface area contributed by atoms with Crippen LogP contribution >= 0.6 is 11.6 Å². The molecule has 1 amide bonds. The first kappa shape index (κ1) is 21.1. The van der Waals surface area contributed by atoms with Gasteiger partial charge >= 0.3 is 5.63 Å². The summed E-state index contributed by atoms with van der Waals surface area (Å²) in [6, 6.07) is 16.1. The predicted molar refractivity (Wildman–Crippen MR) is 131 cm³/mol. The molecule has 0 spiro atoms. The minimum absolute atomic E-state index is 0.0990. The molecule has 33 heavy (non-hydrogen) atoms. The minimum atomic E-state index is -0.462. The highest BCUT2D eigenvalue weighted by Crippen LogP contribution is 2.40. The van der Waals surface area contributed by atoms with Gasteiger partial charge in [-0.1, -0.05) is 42.4 Å². The van der Waals surface area contributed by atoms with Crippen LogP contribution in [0.4, 0.5) is 5.69 Å². The van der Waals surface area contributed by atoms with Gasteiger partial charge in [-0.15, -0.1) is 0 Å². The van der Waals surface area contributed by atoms with Crippen molar-refractivity contribution in [3.8, 4) is 16.9 Å². The number of piperazine rings is 1. The number of nitrogens with zero attached hydrogens (tertiary/aromatic N) is 2. The zero-order chi connectivity index (χ0) is 23.1. The molecule has 3 aromatic carbocycles. The molecule has 1 fully saturated rings. The Labute approximate surface area is 194 Å². The number of rotatable bonds is 3. The molecule has 2 heterocycles. The number of phenols is 1. The van der Waals surface area contributed by atoms with Gasteiger partial charge in [-0.05, 0) is 46.7 Å². The smallest absolute Gasteiger partial charge is 0.338 e. The van der Waals surface area contributed by atoms with Crippen molar-refractivity contribution in [3.63, 3.8) is 0 Å². The molecule has 0 saturated carbocycles. The summed E-state index contributed by atoms with van der Waals surface area (Å²) in [5, 5.41) is 13.3. The van der Waals surface area contributed by atoms with Gasteiger partial charge < -0.3 is 19.3 Å². The van der Waals surface area contributed by atoms with Crippen molar-refractivity contribution < 1.29 is 14.3 Å². The van der Waals surface area contributed by atoms with Crippen molar-refractivity contribution in [2.24, 2.45) is 0 Å². The average Bonchev–Trinajstić information content (AvgIpc) is 2.82. The molecular formula is C26H21ClN2O4. The SMILES string of the molecule is C=CC(=O)N1CCN(c2cc(=O)oc3cc(-c4cc(O)cc5ccccc45)c(Cl)cc23)CC1. The summed E-state index contributed by atoms with van der Waals surface area (Å²) in [6.45, 7) is 5.77. The number of carbonyl (C=O) groups is 1. The van der Waals surface area contributed by atoms with Gasteiger partial charge in [0.1, 0.15) is 11.3 Å². The zero-order valence-corrected chi connectivity index (χ0v) is 18.5. The zero-order valence-electron chi connectivity index (χ0n) is 17.8. The van der Waals surface area contributed by atoms with Gasteiger partial charge in [0.2, 0.25) is 5.91 Å². The fourth-order valence-electron chi connectivity index (χ4n) is 4.45. The second-order valence-electron chi connectivity index (χ2n) is 8.01. The van der Waals surface area contributed by atoms with E-state index in [4.69, 9.17) is 16.0 Å². The summed E-state index contributed by atoms with van der Waals surface area (Å²) in [5.41, 5.74) is 2.09. The molecule has 7 heteroatoms. The van der Waals surface area contributed by atoms with E-state index in [2.05, 4.69) is 11.5 Å². The largest absolute Gasteiger partial charge is 0.508 e. The predicted octanol–water partition coefficient (Wildman–Crippen LogP) is 4.81. The van der Waals surface area contributed by atoms with Crippen molar-refractivity contribution in [2.75, 3.05) is 31.1 Å². The molecule has 1 aromatic heterocycles. The van der Waals surface area contributed by atoms with Crippen LogP contribution in [0.3, 0.4) is 0 Å². The molecule has 1 aliphatic heterocycles. The lowest BCUT2D eigenvalue weighted by molar-refractivity contribution is -0.126. The number of benzene rings is 3. The van der Waals surface area contributed by atoms with E-state index in [0.29, 0.717) is 42.3 Å². The van der Waals surface area contributed by atoms with E-state index in [1.807, 2.05) is 24.3 Å². The second-order valence-corrected chi connectivity index (χ2v) is 8.42. The molecule has 0 bridgehead atoms. The third-order valence-corrected chi connectivity index (χ3v) is 6.37. The van der Waals surface area contributed by atoms with Gasteiger partial charge in [-0.25, -0.2) is 4.79 Å². The Kier molecular flexibility index (Phi) is 5.30. The van der Waals surface area contributed by atoms with Crippen molar-refractivity contribution in [2.45, 2.75) is 0 Å². The van der Waals surface area contributed by atoms with Crippen molar-refractivity contribution >= 4 is 44.9 Å². The summed E-state index contributed by atoms with van der Waals surface area (Å²) in [5.74, 6) is 0.0279. The number of hydrogen-bond donors (Lipinski definition) is 1. The Balaban J connectivity index is 1.61. The van der Waals surface area contributed by atoms with Gasteiger partial charge in [-0.2, -0.15) is 0 Å². The summed E-state index contributed by atoms with van der Waals surface area (Å²) in [7, 11) is 0. The highest BCUT2D eigenvalue weighted by Gasteiger charge is 2.23. The van der Waals surface area contributed by atoms with Gasteiger partial charge in [0, 0.05) is 48.2 Å². The maximum Gasteiger partial charge on any atom is 0.338 e. The Bertz CT molecular complexity index is 1470. The highest BCUT2D eigenvalue weighted by atomic mass is 35.5. The Morgan fingerprint density at radius 1 is 1.00 bits per heavy atom. The number of carbonyl (C=O) groups excluding carboxylic acids is 1. The third kappa shape index (κ3) is 3.83. The number of anilines is 1. The average molecular weight is 461 g/mol. The molecule has 5 rings (SSSR count). The first-order valence-corrected chi connectivity index (χ1v) is 11.0. The molecule has 166 valence electrons. The molecule has 6 nitrogen and oxygen atoms in total. The number of hydrogen-bond acceptors (Lipinski definition) is 5. The first-order chi connectivity index (χ1) is 15.9. The molecule has 4 aromatic rings. The number of fused-ring (bicyclic) bond motifs is 2. The molecule has 1 saturated heterocycles. The number of aromatic hydroxyl groups is 1. The fraction of sp³-hybridized carbons (Fsp3) is 0.154. The van der Waals surface area contributed by atoms with Crippen LogP contribution in [-0.4, -0.2) is 42.1 Å². The minimum Gasteiger partial charge on any atom is -0.508 e. The molecule has 0 radical (unpaired) electrons. The topological polar surface area (TPSA) is 74.0 Å². The van der Waals surface area contributed by atoms with Crippen LogP contribution in [0, 0.1) is 0 Å². The van der Waals surface area contributed by atoms with Crippen LogP contribution in [0.2, 0.25) is 5.02 Å². The van der Waals surface area contributed by atoms with Crippen molar-refractivity contribution in [1.82, 2.24) is 4.90 Å². The number of halogens is 1. The van der Waals surface area contributed by atoms with Crippen molar-refractivity contribution in [1.29, 1.82) is 0 Å². The maximum atomic E-state index is 12.4. The van der Waals surface area contributed by atoms with E-state index in [1.54, 1.807) is 29.2 Å². The van der Waals surface area contributed by atoms with Gasteiger partial charge in [0.15, 0.2) is 0 Å². The normalized spacial score (nSPS) is 14.1. The van der Waals surface area contributed by atoms with E-state index in [0.717, 1.165) is 27.4 Å². The van der Waals surface area contributed by atoms with E-state index in [-0.39, 0.29) is 11.7 Å². The van der Waals surface area contributed by atoms with E-state index in [1.165, 1.54) is 12.1 Å². The molecule has 1 N–H and O–H groups in total. The standard InChI is InChI=1S/C26H21ClN2O4/c1-2-25(31)29-9-7-28(8-10-29)23-15-26(32)33-24-14-20(22(27)13-21(23)24)19-12-17(30)11-16-5-3-4-6-18(16)19/h2-6,11-15,30H,1,7-10H2.